The molecule has 74 valence electrons. The monoisotopic (exact) mass is 209 g/mol. The number of thiazole rings is 1. The molecule has 0 amide bonds. The lowest BCUT2D eigenvalue weighted by Gasteiger charge is -2.02. The molecule has 1 heterocycles. The molecule has 1 aromatic heterocycles. The predicted octanol–water partition coefficient (Wildman–Crippen LogP) is 2.62. The van der Waals surface area contributed by atoms with Crippen LogP contribution in [-0.2, 0) is 0 Å². The van der Waals surface area contributed by atoms with Gasteiger partial charge in [-0.25, -0.2) is 4.98 Å². The number of fused-ring (bicyclic) bond motifs is 1. The van der Waals surface area contributed by atoms with E-state index in [1.165, 1.54) is 0 Å². The summed E-state index contributed by atoms with van der Waals surface area (Å²) in [5, 5.41) is 0.688. The Hall–Kier alpha value is -1.29. The zero-order chi connectivity index (χ0) is 10.1. The van der Waals surface area contributed by atoms with Crippen LogP contribution < -0.4 is 9.47 Å². The topological polar surface area (TPSA) is 31.4 Å². The molecule has 0 saturated carbocycles. The molecule has 0 aliphatic rings. The summed E-state index contributed by atoms with van der Waals surface area (Å²) < 4.78 is 11.4. The summed E-state index contributed by atoms with van der Waals surface area (Å²) in [6.45, 7) is 2.02. The van der Waals surface area contributed by atoms with Crippen molar-refractivity contribution in [3.63, 3.8) is 0 Å². The van der Waals surface area contributed by atoms with E-state index < -0.39 is 0 Å². The minimum atomic E-state index is 0.688. The van der Waals surface area contributed by atoms with E-state index in [0.29, 0.717) is 5.19 Å². The lowest BCUT2D eigenvalue weighted by molar-refractivity contribution is 0.410. The van der Waals surface area contributed by atoms with Gasteiger partial charge >= 0.3 is 0 Å². The molecule has 4 heteroatoms. The number of aryl methyl sites for hydroxylation is 1. The summed E-state index contributed by atoms with van der Waals surface area (Å²) in [6.07, 6.45) is 0. The predicted molar refractivity (Wildman–Crippen MR) is 57.5 cm³/mol. The fourth-order valence-corrected chi connectivity index (χ4v) is 2.20. The van der Waals surface area contributed by atoms with Crippen molar-refractivity contribution in [2.24, 2.45) is 0 Å². The highest BCUT2D eigenvalue weighted by atomic mass is 32.1. The SMILES string of the molecule is COc1nc2cc(OC)c(C)cc2s1. The molecular weight excluding hydrogens is 198 g/mol. The maximum absolute atomic E-state index is 5.22. The molecule has 3 nitrogen and oxygen atoms in total. The van der Waals surface area contributed by atoms with Crippen molar-refractivity contribution in [2.45, 2.75) is 6.92 Å². The molecule has 0 aliphatic carbocycles. The Bertz CT molecular complexity index is 464. The fourth-order valence-electron chi connectivity index (χ4n) is 1.34. The van der Waals surface area contributed by atoms with Crippen molar-refractivity contribution in [3.05, 3.63) is 17.7 Å². The second-order valence-electron chi connectivity index (χ2n) is 2.97. The Balaban J connectivity index is 2.64. The first-order valence-electron chi connectivity index (χ1n) is 4.23. The Morgan fingerprint density at radius 1 is 1.21 bits per heavy atom. The number of benzene rings is 1. The van der Waals surface area contributed by atoms with Crippen LogP contribution in [0.5, 0.6) is 10.9 Å². The minimum absolute atomic E-state index is 0.688. The zero-order valence-corrected chi connectivity index (χ0v) is 9.14. The Morgan fingerprint density at radius 3 is 2.64 bits per heavy atom. The van der Waals surface area contributed by atoms with Crippen LogP contribution in [0.1, 0.15) is 5.56 Å². The van der Waals surface area contributed by atoms with E-state index in [1.54, 1.807) is 25.6 Å². The molecule has 0 spiro atoms. The van der Waals surface area contributed by atoms with Gasteiger partial charge < -0.3 is 9.47 Å². The molecule has 1 aromatic carbocycles. The Labute approximate surface area is 86.3 Å². The molecule has 0 saturated heterocycles. The van der Waals surface area contributed by atoms with Crippen LogP contribution >= 0.6 is 11.3 Å². The van der Waals surface area contributed by atoms with Gasteiger partial charge in [0.1, 0.15) is 5.75 Å². The molecule has 0 unspecified atom stereocenters. The molecule has 14 heavy (non-hydrogen) atoms. The normalized spacial score (nSPS) is 10.5. The molecule has 2 rings (SSSR count). The van der Waals surface area contributed by atoms with Crippen molar-refractivity contribution in [2.75, 3.05) is 14.2 Å². The summed E-state index contributed by atoms with van der Waals surface area (Å²) in [7, 11) is 3.29. The number of hydrogen-bond donors (Lipinski definition) is 0. The van der Waals surface area contributed by atoms with E-state index in [9.17, 15) is 0 Å². The van der Waals surface area contributed by atoms with Crippen molar-refractivity contribution >= 4 is 21.6 Å². The molecular formula is C10H11NO2S. The maximum atomic E-state index is 5.22. The Morgan fingerprint density at radius 2 is 2.00 bits per heavy atom. The van der Waals surface area contributed by atoms with E-state index in [-0.39, 0.29) is 0 Å². The van der Waals surface area contributed by atoms with Crippen LogP contribution in [0.3, 0.4) is 0 Å². The van der Waals surface area contributed by atoms with Gasteiger partial charge in [-0.3, -0.25) is 0 Å². The highest BCUT2D eigenvalue weighted by Crippen LogP contribution is 2.32. The third kappa shape index (κ3) is 1.42. The molecule has 0 fully saturated rings. The van der Waals surface area contributed by atoms with Gasteiger partial charge in [-0.05, 0) is 18.6 Å². The molecule has 0 atom stereocenters. The maximum Gasteiger partial charge on any atom is 0.274 e. The molecule has 0 N–H and O–H groups in total. The number of hydrogen-bond acceptors (Lipinski definition) is 4. The quantitative estimate of drug-likeness (QED) is 0.762. The van der Waals surface area contributed by atoms with E-state index in [1.807, 2.05) is 13.0 Å². The van der Waals surface area contributed by atoms with Crippen LogP contribution in [0.2, 0.25) is 0 Å². The molecule has 2 aromatic rings. The number of ether oxygens (including phenoxy) is 2. The second kappa shape index (κ2) is 3.46. The summed E-state index contributed by atoms with van der Waals surface area (Å²) in [4.78, 5) is 4.30. The van der Waals surface area contributed by atoms with Gasteiger partial charge in [-0.1, -0.05) is 11.3 Å². The van der Waals surface area contributed by atoms with Gasteiger partial charge in [0.25, 0.3) is 5.19 Å². The molecule has 0 radical (unpaired) electrons. The highest BCUT2D eigenvalue weighted by molar-refractivity contribution is 7.20. The first kappa shape index (κ1) is 9.27. The van der Waals surface area contributed by atoms with E-state index in [0.717, 1.165) is 21.5 Å². The first-order valence-corrected chi connectivity index (χ1v) is 5.05. The molecule has 0 bridgehead atoms. The summed E-state index contributed by atoms with van der Waals surface area (Å²) in [5.74, 6) is 0.866. The minimum Gasteiger partial charge on any atom is -0.496 e. The van der Waals surface area contributed by atoms with Crippen molar-refractivity contribution in [3.8, 4) is 10.9 Å². The van der Waals surface area contributed by atoms with E-state index >= 15 is 0 Å². The zero-order valence-electron chi connectivity index (χ0n) is 8.33. The van der Waals surface area contributed by atoms with Gasteiger partial charge in [0.15, 0.2) is 0 Å². The largest absolute Gasteiger partial charge is 0.496 e. The average Bonchev–Trinajstić information content (AvgIpc) is 2.58. The highest BCUT2D eigenvalue weighted by Gasteiger charge is 2.07. The first-order chi connectivity index (χ1) is 6.74. The van der Waals surface area contributed by atoms with Crippen LogP contribution in [0.4, 0.5) is 0 Å². The van der Waals surface area contributed by atoms with Gasteiger partial charge in [-0.15, -0.1) is 0 Å². The second-order valence-corrected chi connectivity index (χ2v) is 3.97. The van der Waals surface area contributed by atoms with E-state index in [2.05, 4.69) is 11.1 Å². The number of nitrogens with zero attached hydrogens (tertiary/aromatic N) is 1. The summed E-state index contributed by atoms with van der Waals surface area (Å²) in [5.41, 5.74) is 2.04. The van der Waals surface area contributed by atoms with E-state index in [4.69, 9.17) is 9.47 Å². The number of methoxy groups -OCH3 is 2. The van der Waals surface area contributed by atoms with Gasteiger partial charge in [0.2, 0.25) is 0 Å². The third-order valence-corrected chi connectivity index (χ3v) is 3.04. The summed E-state index contributed by atoms with van der Waals surface area (Å²) >= 11 is 1.54. The van der Waals surface area contributed by atoms with Crippen molar-refractivity contribution in [1.29, 1.82) is 0 Å². The standard InChI is InChI=1S/C10H11NO2S/c1-6-4-9-7(5-8(6)12-2)11-10(13-3)14-9/h4-5H,1-3H3. The smallest absolute Gasteiger partial charge is 0.274 e. The van der Waals surface area contributed by atoms with Crippen LogP contribution in [0.15, 0.2) is 12.1 Å². The lowest BCUT2D eigenvalue weighted by Crippen LogP contribution is -1.86. The molecule has 0 aliphatic heterocycles. The van der Waals surface area contributed by atoms with Gasteiger partial charge in [0.05, 0.1) is 24.4 Å². The number of aromatic nitrogens is 1. The Kier molecular flexibility index (Phi) is 2.29. The van der Waals surface area contributed by atoms with Crippen LogP contribution in [-0.4, -0.2) is 19.2 Å². The third-order valence-electron chi connectivity index (χ3n) is 2.06. The van der Waals surface area contributed by atoms with Crippen LogP contribution in [0, 0.1) is 6.92 Å². The van der Waals surface area contributed by atoms with Gasteiger partial charge in [-0.2, -0.15) is 0 Å². The van der Waals surface area contributed by atoms with Crippen LogP contribution in [0.25, 0.3) is 10.2 Å². The fraction of sp³-hybridized carbons (Fsp3) is 0.300. The van der Waals surface area contributed by atoms with Crippen molar-refractivity contribution < 1.29 is 9.47 Å². The van der Waals surface area contributed by atoms with Gasteiger partial charge in [0, 0.05) is 6.07 Å². The number of rotatable bonds is 2. The summed E-state index contributed by atoms with van der Waals surface area (Å²) in [6, 6.07) is 4.00. The lowest BCUT2D eigenvalue weighted by atomic mass is 10.2. The average molecular weight is 209 g/mol. The van der Waals surface area contributed by atoms with Crippen molar-refractivity contribution in [1.82, 2.24) is 4.98 Å².